The lowest BCUT2D eigenvalue weighted by atomic mass is 9.82. The second-order valence-electron chi connectivity index (χ2n) is 4.46. The lowest BCUT2D eigenvalue weighted by Crippen LogP contribution is -2.53. The third-order valence-electron chi connectivity index (χ3n) is 3.37. The number of nitrogens with zero attached hydrogens (tertiary/aromatic N) is 1. The van der Waals surface area contributed by atoms with Crippen LogP contribution in [0.1, 0.15) is 13.3 Å². The number of rotatable bonds is 1. The van der Waals surface area contributed by atoms with Crippen LogP contribution >= 0.6 is 0 Å². The molecule has 4 nitrogen and oxygen atoms in total. The van der Waals surface area contributed by atoms with Crippen LogP contribution in [0.4, 0.5) is 0 Å². The average molecular weight is 198 g/mol. The van der Waals surface area contributed by atoms with Crippen LogP contribution in [0.2, 0.25) is 0 Å². The monoisotopic (exact) mass is 198 g/mol. The van der Waals surface area contributed by atoms with Gasteiger partial charge in [0.2, 0.25) is 0 Å². The van der Waals surface area contributed by atoms with Gasteiger partial charge in [0, 0.05) is 19.6 Å². The van der Waals surface area contributed by atoms with Crippen molar-refractivity contribution in [2.45, 2.75) is 25.2 Å². The van der Waals surface area contributed by atoms with E-state index >= 15 is 0 Å². The molecule has 0 radical (unpaired) electrons. The molecule has 3 unspecified atom stereocenters. The highest BCUT2D eigenvalue weighted by Crippen LogP contribution is 2.33. The summed E-state index contributed by atoms with van der Waals surface area (Å²) in [5.41, 5.74) is -0.228. The maximum Gasteiger partial charge on any atom is 0.127 e. The Morgan fingerprint density at radius 1 is 1.64 bits per heavy atom. The lowest BCUT2D eigenvalue weighted by molar-refractivity contribution is -0.133. The van der Waals surface area contributed by atoms with Crippen molar-refractivity contribution in [3.8, 4) is 0 Å². The molecule has 0 aromatic rings. The molecule has 2 aliphatic heterocycles. The molecule has 14 heavy (non-hydrogen) atoms. The molecule has 1 spiro atoms. The first-order valence-corrected chi connectivity index (χ1v) is 5.21. The summed E-state index contributed by atoms with van der Waals surface area (Å²) >= 11 is 0. The van der Waals surface area contributed by atoms with E-state index in [9.17, 15) is 4.79 Å². The molecule has 0 amide bonds. The number of hydrogen-bond donors (Lipinski definition) is 1. The van der Waals surface area contributed by atoms with E-state index in [4.69, 9.17) is 4.74 Å². The van der Waals surface area contributed by atoms with Crippen molar-refractivity contribution in [3.63, 3.8) is 0 Å². The zero-order valence-electron chi connectivity index (χ0n) is 8.82. The highest BCUT2D eigenvalue weighted by molar-refractivity contribution is 5.57. The van der Waals surface area contributed by atoms with E-state index in [-0.39, 0.29) is 17.7 Å². The highest BCUT2D eigenvalue weighted by atomic mass is 16.5. The van der Waals surface area contributed by atoms with Crippen molar-refractivity contribution in [1.29, 1.82) is 0 Å². The third-order valence-corrected chi connectivity index (χ3v) is 3.37. The third kappa shape index (κ3) is 1.58. The molecule has 2 heterocycles. The molecule has 0 aromatic carbocycles. The number of ether oxygens (including phenoxy) is 1. The molecule has 0 bridgehead atoms. The van der Waals surface area contributed by atoms with Crippen LogP contribution in [0, 0.1) is 5.92 Å². The van der Waals surface area contributed by atoms with Gasteiger partial charge in [0.15, 0.2) is 0 Å². The van der Waals surface area contributed by atoms with Crippen LogP contribution in [-0.2, 0) is 9.53 Å². The average Bonchev–Trinajstić information content (AvgIpc) is 2.53. The van der Waals surface area contributed by atoms with Crippen molar-refractivity contribution < 1.29 is 9.53 Å². The van der Waals surface area contributed by atoms with E-state index in [0.29, 0.717) is 0 Å². The number of carbonyl (C=O) groups excluding carboxylic acids is 1. The largest absolute Gasteiger partial charge is 0.355 e. The Kier molecular flexibility index (Phi) is 2.60. The van der Waals surface area contributed by atoms with E-state index in [0.717, 1.165) is 32.3 Å². The van der Waals surface area contributed by atoms with Crippen molar-refractivity contribution in [1.82, 2.24) is 10.2 Å². The van der Waals surface area contributed by atoms with Crippen molar-refractivity contribution in [3.05, 3.63) is 0 Å². The topological polar surface area (TPSA) is 41.6 Å². The quantitative estimate of drug-likeness (QED) is 0.595. The van der Waals surface area contributed by atoms with Crippen LogP contribution in [-0.4, -0.2) is 49.7 Å². The molecular weight excluding hydrogens is 180 g/mol. The molecule has 80 valence electrons. The molecule has 0 aromatic heterocycles. The molecule has 4 heteroatoms. The Hall–Kier alpha value is -0.450. The fourth-order valence-electron chi connectivity index (χ4n) is 2.44. The maximum atomic E-state index is 11.0. The standard InChI is InChI=1S/C10H18N2O2/c1-8-11-7-10(14-8)3-4-12(2)5-9(10)6-13/h6,8-9,11H,3-5,7H2,1-2H3. The summed E-state index contributed by atoms with van der Waals surface area (Å²) in [5.74, 6) is 0.0127. The van der Waals surface area contributed by atoms with Crippen molar-refractivity contribution in [2.75, 3.05) is 26.7 Å². The van der Waals surface area contributed by atoms with Crippen LogP contribution in [0.3, 0.4) is 0 Å². The summed E-state index contributed by atoms with van der Waals surface area (Å²) in [4.78, 5) is 13.2. The molecular formula is C10H18N2O2. The van der Waals surface area contributed by atoms with Crippen LogP contribution in [0.25, 0.3) is 0 Å². The molecule has 1 N–H and O–H groups in total. The van der Waals surface area contributed by atoms with Gasteiger partial charge in [-0.15, -0.1) is 0 Å². The van der Waals surface area contributed by atoms with Gasteiger partial charge in [0.05, 0.1) is 11.5 Å². The smallest absolute Gasteiger partial charge is 0.127 e. The van der Waals surface area contributed by atoms with Crippen LogP contribution in [0.5, 0.6) is 0 Å². The normalized spacial score (nSPS) is 44.4. The van der Waals surface area contributed by atoms with E-state index < -0.39 is 0 Å². The fourth-order valence-corrected chi connectivity index (χ4v) is 2.44. The van der Waals surface area contributed by atoms with Gasteiger partial charge >= 0.3 is 0 Å². The minimum Gasteiger partial charge on any atom is -0.355 e. The molecule has 2 aliphatic rings. The Labute approximate surface area is 84.6 Å². The molecule has 2 saturated heterocycles. The maximum absolute atomic E-state index is 11.0. The predicted octanol–water partition coefficient (Wildman–Crippen LogP) is -0.158. The zero-order valence-corrected chi connectivity index (χ0v) is 8.82. The summed E-state index contributed by atoms with van der Waals surface area (Å²) in [5, 5.41) is 3.26. The van der Waals surface area contributed by atoms with E-state index in [1.807, 2.05) is 6.92 Å². The number of hydrogen-bond acceptors (Lipinski definition) is 4. The van der Waals surface area contributed by atoms with E-state index in [1.165, 1.54) is 0 Å². The summed E-state index contributed by atoms with van der Waals surface area (Å²) in [6.07, 6.45) is 2.08. The Morgan fingerprint density at radius 2 is 2.43 bits per heavy atom. The van der Waals surface area contributed by atoms with Crippen molar-refractivity contribution >= 4 is 6.29 Å². The summed E-state index contributed by atoms with van der Waals surface area (Å²) in [6, 6.07) is 0. The number of aldehydes is 1. The van der Waals surface area contributed by atoms with Crippen molar-refractivity contribution in [2.24, 2.45) is 5.92 Å². The van der Waals surface area contributed by atoms with E-state index in [1.54, 1.807) is 0 Å². The lowest BCUT2D eigenvalue weighted by Gasteiger charge is -2.41. The van der Waals surface area contributed by atoms with E-state index in [2.05, 4.69) is 17.3 Å². The van der Waals surface area contributed by atoms with Gasteiger partial charge in [-0.25, -0.2) is 0 Å². The number of likely N-dealkylation sites (tertiary alicyclic amines) is 1. The molecule has 3 atom stereocenters. The summed E-state index contributed by atoms with van der Waals surface area (Å²) < 4.78 is 5.87. The number of carbonyl (C=O) groups is 1. The Balaban J connectivity index is 2.13. The van der Waals surface area contributed by atoms with Gasteiger partial charge in [-0.3, -0.25) is 5.32 Å². The first-order valence-electron chi connectivity index (χ1n) is 5.21. The molecule has 2 fully saturated rings. The van der Waals surface area contributed by atoms with Gasteiger partial charge in [-0.2, -0.15) is 0 Å². The molecule has 0 saturated carbocycles. The summed E-state index contributed by atoms with van der Waals surface area (Å²) in [6.45, 7) is 4.64. The molecule has 2 rings (SSSR count). The molecule has 0 aliphatic carbocycles. The van der Waals surface area contributed by atoms with Gasteiger partial charge < -0.3 is 14.4 Å². The summed E-state index contributed by atoms with van der Waals surface area (Å²) in [7, 11) is 2.05. The fraction of sp³-hybridized carbons (Fsp3) is 0.900. The SMILES string of the molecule is CC1NCC2(CCN(C)CC2C=O)O1. The highest BCUT2D eigenvalue weighted by Gasteiger charge is 2.47. The van der Waals surface area contributed by atoms with Gasteiger partial charge in [-0.05, 0) is 20.4 Å². The second-order valence-corrected chi connectivity index (χ2v) is 4.46. The second kappa shape index (κ2) is 3.61. The zero-order chi connectivity index (χ0) is 10.2. The van der Waals surface area contributed by atoms with Gasteiger partial charge in [-0.1, -0.05) is 0 Å². The first kappa shape index (κ1) is 10.1. The van der Waals surface area contributed by atoms with Crippen LogP contribution < -0.4 is 5.32 Å². The Morgan fingerprint density at radius 3 is 3.00 bits per heavy atom. The number of piperidine rings is 1. The van der Waals surface area contributed by atoms with Gasteiger partial charge in [0.1, 0.15) is 12.5 Å². The minimum atomic E-state index is -0.228. The number of nitrogens with one attached hydrogen (secondary N) is 1. The Bertz CT molecular complexity index is 234. The minimum absolute atomic E-state index is 0.0127. The first-order chi connectivity index (χ1) is 6.66. The van der Waals surface area contributed by atoms with Gasteiger partial charge in [0.25, 0.3) is 0 Å². The van der Waals surface area contributed by atoms with Crippen LogP contribution in [0.15, 0.2) is 0 Å². The predicted molar refractivity (Wildman–Crippen MR) is 52.9 cm³/mol.